The van der Waals surface area contributed by atoms with Crippen molar-refractivity contribution < 1.29 is 63.2 Å². The van der Waals surface area contributed by atoms with Gasteiger partial charge in [0.05, 0.1) is 41.5 Å². The van der Waals surface area contributed by atoms with Gasteiger partial charge in [-0.05, 0) is 212 Å². The average Bonchev–Trinajstić information content (AvgIpc) is 1.57. The van der Waals surface area contributed by atoms with Gasteiger partial charge in [-0.1, -0.05) is 59.8 Å². The molecule has 21 heteroatoms. The number of aryl methyl sites for hydroxylation is 6. The van der Waals surface area contributed by atoms with Crippen LogP contribution in [0, 0.1) is 40.5 Å². The SMILES string of the molecule is Cc1cc(C(N)=O)ccc1-n1c(CC(C(=O)O)C(CC(=O)O)c2ccc(-c3ccc(-c4cccnc4)cc3)n2-c2ccc(C(N)=O)cc2C)ccc1-c1ccc(-c2c(C)noc2C)cc1.Cc1cc(C(N)=O)ccc1-n1c(CCC(=O)O)ccc1-c1ccc(OCC(=O)O)cc1. The summed E-state index contributed by atoms with van der Waals surface area (Å²) < 4.78 is 16.4. The molecule has 0 aliphatic heterocycles. The fourth-order valence-electron chi connectivity index (χ4n) is 12.2. The maximum Gasteiger partial charge on any atom is 0.341 e. The molecule has 11 rings (SSSR count). The van der Waals surface area contributed by atoms with E-state index in [1.807, 2.05) is 139 Å². The summed E-state index contributed by atoms with van der Waals surface area (Å²) in [6, 6.07) is 52.9. The van der Waals surface area contributed by atoms with E-state index in [0.717, 1.165) is 73.0 Å². The number of primary amides is 3. The van der Waals surface area contributed by atoms with E-state index >= 15 is 0 Å². The number of nitrogens with two attached hydrogens (primary N) is 3. The predicted molar refractivity (Wildman–Crippen MR) is 360 cm³/mol. The Morgan fingerprint density at radius 1 is 0.500 bits per heavy atom. The molecule has 3 amide bonds. The minimum atomic E-state index is -1.26. The van der Waals surface area contributed by atoms with Gasteiger partial charge in [0.1, 0.15) is 11.5 Å². The van der Waals surface area contributed by atoms with Crippen LogP contribution in [0.25, 0.3) is 73.1 Å². The zero-order valence-corrected chi connectivity index (χ0v) is 53.0. The van der Waals surface area contributed by atoms with Gasteiger partial charge in [0, 0.05) is 81.1 Å². The van der Waals surface area contributed by atoms with Gasteiger partial charge in [-0.2, -0.15) is 0 Å². The molecular formula is C75H68N8O13. The second-order valence-corrected chi connectivity index (χ2v) is 23.2. The zero-order chi connectivity index (χ0) is 68.6. The number of carbonyl (C=O) groups is 7. The van der Waals surface area contributed by atoms with E-state index in [9.17, 15) is 43.8 Å². The first-order valence-electron chi connectivity index (χ1n) is 30.5. The molecule has 0 radical (unpaired) electrons. The Bertz CT molecular complexity index is 4750. The molecule has 486 valence electrons. The summed E-state index contributed by atoms with van der Waals surface area (Å²) in [5.41, 5.74) is 33.0. The quantitative estimate of drug-likeness (QED) is 0.0296. The monoisotopic (exact) mass is 1290 g/mol. The lowest BCUT2D eigenvalue weighted by Crippen LogP contribution is -2.29. The van der Waals surface area contributed by atoms with Crippen molar-refractivity contribution in [2.75, 3.05) is 6.61 Å². The number of hydrogen-bond donors (Lipinski definition) is 7. The molecule has 0 aliphatic carbocycles. The highest BCUT2D eigenvalue weighted by molar-refractivity contribution is 5.95. The number of aliphatic carboxylic acids is 4. The molecule has 2 atom stereocenters. The van der Waals surface area contributed by atoms with Gasteiger partial charge in [0.2, 0.25) is 17.7 Å². The summed E-state index contributed by atoms with van der Waals surface area (Å²) in [5, 5.41) is 43.7. The number of carboxylic acids is 4. The Morgan fingerprint density at radius 3 is 1.42 bits per heavy atom. The Kier molecular flexibility index (Phi) is 19.8. The lowest BCUT2D eigenvalue weighted by atomic mass is 9.83. The predicted octanol–water partition coefficient (Wildman–Crippen LogP) is 12.3. The van der Waals surface area contributed by atoms with Crippen molar-refractivity contribution in [3.63, 3.8) is 0 Å². The third kappa shape index (κ3) is 14.6. The second kappa shape index (κ2) is 28.6. The third-order valence-electron chi connectivity index (χ3n) is 16.8. The summed E-state index contributed by atoms with van der Waals surface area (Å²) in [6.45, 7) is 8.83. The normalized spacial score (nSPS) is 11.7. The molecule has 0 saturated heterocycles. The first kappa shape index (κ1) is 66.5. The van der Waals surface area contributed by atoms with E-state index in [2.05, 4.69) is 10.1 Å². The van der Waals surface area contributed by atoms with Gasteiger partial charge in [0.15, 0.2) is 6.61 Å². The molecule has 96 heavy (non-hydrogen) atoms. The molecule has 0 saturated carbocycles. The van der Waals surface area contributed by atoms with Crippen LogP contribution in [-0.2, 0) is 32.0 Å². The second-order valence-electron chi connectivity index (χ2n) is 23.2. The van der Waals surface area contributed by atoms with E-state index in [0.29, 0.717) is 74.2 Å². The molecule has 21 nitrogen and oxygen atoms in total. The highest BCUT2D eigenvalue weighted by Crippen LogP contribution is 2.41. The molecule has 0 aliphatic rings. The number of carbonyl (C=O) groups excluding carboxylic acids is 3. The number of aromatic nitrogens is 5. The number of ether oxygens (including phenoxy) is 1. The molecule has 5 aromatic heterocycles. The third-order valence-corrected chi connectivity index (χ3v) is 16.8. The Balaban J connectivity index is 0.000000270. The average molecular weight is 1290 g/mol. The van der Waals surface area contributed by atoms with Crippen LogP contribution in [0.2, 0.25) is 0 Å². The van der Waals surface area contributed by atoms with Crippen molar-refractivity contribution in [3.05, 3.63) is 250 Å². The van der Waals surface area contributed by atoms with E-state index in [1.54, 1.807) is 97.3 Å². The maximum absolute atomic E-state index is 13.8. The number of nitrogens with zero attached hydrogens (tertiary/aromatic N) is 5. The van der Waals surface area contributed by atoms with Crippen LogP contribution < -0.4 is 21.9 Å². The lowest BCUT2D eigenvalue weighted by molar-refractivity contribution is -0.144. The summed E-state index contributed by atoms with van der Waals surface area (Å²) in [7, 11) is 0. The number of carboxylic acid groups (broad SMARTS) is 4. The van der Waals surface area contributed by atoms with E-state index in [4.69, 9.17) is 36.7 Å². The van der Waals surface area contributed by atoms with Crippen molar-refractivity contribution in [1.82, 2.24) is 23.8 Å². The lowest BCUT2D eigenvalue weighted by Gasteiger charge is -2.27. The molecule has 10 N–H and O–H groups in total. The summed E-state index contributed by atoms with van der Waals surface area (Å²) >= 11 is 0. The summed E-state index contributed by atoms with van der Waals surface area (Å²) in [4.78, 5) is 88.7. The Labute approximate surface area is 551 Å². The van der Waals surface area contributed by atoms with E-state index in [1.165, 1.54) is 0 Å². The van der Waals surface area contributed by atoms with Crippen LogP contribution in [0.5, 0.6) is 5.75 Å². The van der Waals surface area contributed by atoms with Crippen LogP contribution in [0.15, 0.2) is 193 Å². The molecule has 0 spiro atoms. The van der Waals surface area contributed by atoms with Gasteiger partial charge in [-0.15, -0.1) is 0 Å². The smallest absolute Gasteiger partial charge is 0.341 e. The zero-order valence-electron chi connectivity index (χ0n) is 53.0. The molecule has 0 fully saturated rings. The fraction of sp³-hybridized carbons (Fsp3) is 0.160. The van der Waals surface area contributed by atoms with Gasteiger partial charge in [-0.3, -0.25) is 33.8 Å². The van der Waals surface area contributed by atoms with Crippen LogP contribution in [0.3, 0.4) is 0 Å². The van der Waals surface area contributed by atoms with Crippen molar-refractivity contribution in [1.29, 1.82) is 0 Å². The number of hydrogen-bond acceptors (Lipinski definition) is 11. The van der Waals surface area contributed by atoms with Crippen molar-refractivity contribution in [2.45, 2.75) is 66.2 Å². The highest BCUT2D eigenvalue weighted by Gasteiger charge is 2.36. The van der Waals surface area contributed by atoms with E-state index in [-0.39, 0.29) is 12.8 Å². The van der Waals surface area contributed by atoms with E-state index < -0.39 is 66.5 Å². The van der Waals surface area contributed by atoms with Crippen molar-refractivity contribution in [2.24, 2.45) is 23.1 Å². The Hall–Kier alpha value is -12.4. The van der Waals surface area contributed by atoms with Crippen LogP contribution in [0.1, 0.15) is 95.1 Å². The molecule has 5 heterocycles. The summed E-state index contributed by atoms with van der Waals surface area (Å²) in [6.07, 6.45) is 3.19. The maximum atomic E-state index is 13.8. The summed E-state index contributed by atoms with van der Waals surface area (Å²) in [5.74, 6) is -7.24. The molecule has 2 unspecified atom stereocenters. The number of amides is 3. The van der Waals surface area contributed by atoms with Gasteiger partial charge >= 0.3 is 23.9 Å². The molecule has 11 aromatic rings. The number of pyridine rings is 1. The topological polar surface area (TPSA) is 341 Å². The van der Waals surface area contributed by atoms with Gasteiger partial charge in [-0.25, -0.2) is 4.79 Å². The largest absolute Gasteiger partial charge is 0.482 e. The highest BCUT2D eigenvalue weighted by atomic mass is 16.5. The van der Waals surface area contributed by atoms with Crippen LogP contribution in [0.4, 0.5) is 0 Å². The number of benzene rings is 6. The first-order chi connectivity index (χ1) is 45.9. The van der Waals surface area contributed by atoms with Gasteiger partial charge < -0.3 is 60.6 Å². The molecule has 0 bridgehead atoms. The van der Waals surface area contributed by atoms with Gasteiger partial charge in [0.25, 0.3) is 0 Å². The van der Waals surface area contributed by atoms with Crippen LogP contribution >= 0.6 is 0 Å². The minimum absolute atomic E-state index is 0.0240. The fourth-order valence-corrected chi connectivity index (χ4v) is 12.2. The number of rotatable bonds is 24. The van der Waals surface area contributed by atoms with Crippen LogP contribution in [-0.4, -0.2) is 92.5 Å². The first-order valence-corrected chi connectivity index (χ1v) is 30.5. The standard InChI is InChI=1S/C52H46N6O7.C23H22N2O6/c1-29-24-37(50(53)61)15-18-43(29)57-40(17-20-45(57)34-11-13-36(14-12-34)49-31(3)56-65-32(49)4)26-42(52(63)64)41(27-48(59)60)47-22-21-46(58(47)44-19-16-38(51(54)62)25-30(44)2)35-9-7-33(8-10-35)39-6-5-23-55-28-39;1-14-12-16(23(24)30)4-9-19(14)25-17(6-11-21(26)27)5-10-20(25)15-2-7-18(8-3-15)31-13-22(28)29/h5-25,28,41-42H,26-27H2,1-4H3,(H2,53,61)(H2,54,62)(H,59,60)(H,63,64);2-5,7-10,12H,6,11,13H2,1H3,(H2,24,30)(H,26,27)(H,28,29). The van der Waals surface area contributed by atoms with Crippen molar-refractivity contribution >= 4 is 41.6 Å². The Morgan fingerprint density at radius 2 is 0.969 bits per heavy atom. The molecular weight excluding hydrogens is 1220 g/mol. The van der Waals surface area contributed by atoms with Crippen molar-refractivity contribution in [3.8, 4) is 78.8 Å². The molecule has 6 aromatic carbocycles. The minimum Gasteiger partial charge on any atom is -0.482 e.